The molecule has 3 rings (SSSR count). The molecule has 0 unspecified atom stereocenters. The van der Waals surface area contributed by atoms with Crippen molar-refractivity contribution in [1.82, 2.24) is 15.1 Å². The third kappa shape index (κ3) is 1.67. The zero-order valence-corrected chi connectivity index (χ0v) is 8.79. The molecule has 17 heavy (non-hydrogen) atoms. The highest BCUT2D eigenvalue weighted by Crippen LogP contribution is 2.28. The normalized spacial score (nSPS) is 10.6. The van der Waals surface area contributed by atoms with Gasteiger partial charge in [0.1, 0.15) is 5.75 Å². The first-order chi connectivity index (χ1) is 8.34. The molecule has 5 heteroatoms. The minimum Gasteiger partial charge on any atom is -0.507 e. The van der Waals surface area contributed by atoms with Crippen molar-refractivity contribution < 1.29 is 9.63 Å². The summed E-state index contributed by atoms with van der Waals surface area (Å²) >= 11 is 0. The van der Waals surface area contributed by atoms with Gasteiger partial charge in [0.2, 0.25) is 5.82 Å². The van der Waals surface area contributed by atoms with Crippen molar-refractivity contribution in [2.45, 2.75) is 0 Å². The number of hydrogen-bond donors (Lipinski definition) is 2. The van der Waals surface area contributed by atoms with Crippen LogP contribution in [0, 0.1) is 0 Å². The molecular weight excluding hydrogens is 218 g/mol. The van der Waals surface area contributed by atoms with E-state index in [1.165, 1.54) is 0 Å². The lowest BCUT2D eigenvalue weighted by atomic mass is 10.2. The fraction of sp³-hybridized carbons (Fsp3) is 0. The predicted molar refractivity (Wildman–Crippen MR) is 61.2 cm³/mol. The quantitative estimate of drug-likeness (QED) is 0.705. The third-order valence-corrected chi connectivity index (χ3v) is 2.40. The zero-order valence-electron chi connectivity index (χ0n) is 8.79. The van der Waals surface area contributed by atoms with E-state index in [9.17, 15) is 5.11 Å². The van der Waals surface area contributed by atoms with Crippen LogP contribution < -0.4 is 0 Å². The first kappa shape index (κ1) is 9.65. The van der Waals surface area contributed by atoms with E-state index in [0.717, 1.165) is 5.69 Å². The van der Waals surface area contributed by atoms with Gasteiger partial charge in [-0.2, -0.15) is 4.98 Å². The number of nitrogens with one attached hydrogen (secondary N) is 1. The molecule has 5 nitrogen and oxygen atoms in total. The number of aromatic hydroxyl groups is 1. The Morgan fingerprint density at radius 1 is 1.12 bits per heavy atom. The number of H-pyrrole nitrogens is 1. The van der Waals surface area contributed by atoms with Crippen molar-refractivity contribution in [3.05, 3.63) is 42.6 Å². The van der Waals surface area contributed by atoms with Gasteiger partial charge in [-0.3, -0.25) is 0 Å². The summed E-state index contributed by atoms with van der Waals surface area (Å²) in [6, 6.07) is 10.5. The average molecular weight is 227 g/mol. The van der Waals surface area contributed by atoms with E-state index in [4.69, 9.17) is 4.52 Å². The van der Waals surface area contributed by atoms with Crippen molar-refractivity contribution in [3.8, 4) is 28.7 Å². The lowest BCUT2D eigenvalue weighted by Gasteiger charge is -1.96. The van der Waals surface area contributed by atoms with E-state index in [-0.39, 0.29) is 5.75 Å². The fourth-order valence-corrected chi connectivity index (χ4v) is 1.57. The summed E-state index contributed by atoms with van der Waals surface area (Å²) in [6.45, 7) is 0. The molecule has 0 amide bonds. The summed E-state index contributed by atoms with van der Waals surface area (Å²) in [6.07, 6.45) is 1.78. The van der Waals surface area contributed by atoms with Crippen LogP contribution in [0.25, 0.3) is 23.0 Å². The maximum atomic E-state index is 9.67. The van der Waals surface area contributed by atoms with Crippen LogP contribution in [0.1, 0.15) is 0 Å². The molecule has 0 saturated heterocycles. The number of benzene rings is 1. The van der Waals surface area contributed by atoms with Crippen LogP contribution in [0.5, 0.6) is 5.75 Å². The van der Waals surface area contributed by atoms with Gasteiger partial charge in [-0.15, -0.1) is 0 Å². The number of aromatic amines is 1. The van der Waals surface area contributed by atoms with E-state index in [1.54, 1.807) is 30.5 Å². The Morgan fingerprint density at radius 3 is 2.76 bits per heavy atom. The van der Waals surface area contributed by atoms with Crippen molar-refractivity contribution in [1.29, 1.82) is 0 Å². The standard InChI is InChI=1S/C12H9N3O2/c16-10-6-2-1-4-8(10)12-14-11(15-17-12)9-5-3-7-13-9/h1-7,13,16H. The van der Waals surface area contributed by atoms with E-state index in [1.807, 2.05) is 12.1 Å². The molecule has 0 fully saturated rings. The lowest BCUT2D eigenvalue weighted by molar-refractivity contribution is 0.425. The smallest absolute Gasteiger partial charge is 0.262 e. The number of para-hydroxylation sites is 1. The number of hydrogen-bond acceptors (Lipinski definition) is 4. The molecule has 0 spiro atoms. The van der Waals surface area contributed by atoms with Gasteiger partial charge in [0.15, 0.2) is 0 Å². The number of phenols is 1. The van der Waals surface area contributed by atoms with Gasteiger partial charge < -0.3 is 14.6 Å². The van der Waals surface area contributed by atoms with Gasteiger partial charge in [-0.1, -0.05) is 17.3 Å². The zero-order chi connectivity index (χ0) is 11.7. The molecule has 2 heterocycles. The van der Waals surface area contributed by atoms with Crippen molar-refractivity contribution in [2.24, 2.45) is 0 Å². The second-order valence-electron chi connectivity index (χ2n) is 3.52. The summed E-state index contributed by atoms with van der Waals surface area (Å²) in [5, 5.41) is 13.5. The Kier molecular flexibility index (Phi) is 2.15. The van der Waals surface area contributed by atoms with E-state index in [2.05, 4.69) is 15.1 Å². The van der Waals surface area contributed by atoms with Crippen LogP contribution >= 0.6 is 0 Å². The largest absolute Gasteiger partial charge is 0.507 e. The Bertz CT molecular complexity index is 629. The predicted octanol–water partition coefficient (Wildman–Crippen LogP) is 2.44. The van der Waals surface area contributed by atoms with Crippen molar-refractivity contribution in [3.63, 3.8) is 0 Å². The molecule has 0 atom stereocenters. The van der Waals surface area contributed by atoms with Gasteiger partial charge in [-0.25, -0.2) is 0 Å². The highest BCUT2D eigenvalue weighted by atomic mass is 16.5. The maximum absolute atomic E-state index is 9.67. The first-order valence-corrected chi connectivity index (χ1v) is 5.10. The number of rotatable bonds is 2. The third-order valence-electron chi connectivity index (χ3n) is 2.40. The second kappa shape index (κ2) is 3.79. The Balaban J connectivity index is 2.04. The minimum absolute atomic E-state index is 0.120. The molecule has 0 radical (unpaired) electrons. The first-order valence-electron chi connectivity index (χ1n) is 5.10. The SMILES string of the molecule is Oc1ccccc1-c1nc(-c2ccc[nH]2)no1. The molecule has 0 aliphatic carbocycles. The molecule has 2 N–H and O–H groups in total. The van der Waals surface area contributed by atoms with Gasteiger partial charge in [0.05, 0.1) is 11.3 Å². The van der Waals surface area contributed by atoms with E-state index >= 15 is 0 Å². The van der Waals surface area contributed by atoms with Crippen LogP contribution in [0.15, 0.2) is 47.1 Å². The van der Waals surface area contributed by atoms with Crippen molar-refractivity contribution >= 4 is 0 Å². The van der Waals surface area contributed by atoms with E-state index in [0.29, 0.717) is 17.3 Å². The van der Waals surface area contributed by atoms with E-state index < -0.39 is 0 Å². The highest BCUT2D eigenvalue weighted by molar-refractivity contribution is 5.63. The van der Waals surface area contributed by atoms with Crippen LogP contribution in [-0.2, 0) is 0 Å². The number of aromatic nitrogens is 3. The van der Waals surface area contributed by atoms with Gasteiger partial charge >= 0.3 is 0 Å². The molecule has 3 aromatic rings. The summed E-state index contributed by atoms with van der Waals surface area (Å²) in [5.41, 5.74) is 1.30. The molecule has 2 aromatic heterocycles. The van der Waals surface area contributed by atoms with Crippen LogP contribution in [0.2, 0.25) is 0 Å². The van der Waals surface area contributed by atoms with Crippen LogP contribution in [0.3, 0.4) is 0 Å². The lowest BCUT2D eigenvalue weighted by Crippen LogP contribution is -1.81. The monoisotopic (exact) mass is 227 g/mol. The molecule has 84 valence electrons. The van der Waals surface area contributed by atoms with Crippen LogP contribution in [0.4, 0.5) is 0 Å². The average Bonchev–Trinajstić information content (AvgIpc) is 3.00. The Morgan fingerprint density at radius 2 is 2.00 bits per heavy atom. The Hall–Kier alpha value is -2.56. The van der Waals surface area contributed by atoms with Gasteiger partial charge in [-0.05, 0) is 24.3 Å². The fourth-order valence-electron chi connectivity index (χ4n) is 1.57. The number of phenolic OH excluding ortho intramolecular Hbond substituents is 1. The molecule has 0 aliphatic rings. The molecule has 0 saturated carbocycles. The maximum Gasteiger partial charge on any atom is 0.262 e. The Labute approximate surface area is 96.7 Å². The van der Waals surface area contributed by atoms with Gasteiger partial charge in [0, 0.05) is 6.20 Å². The van der Waals surface area contributed by atoms with Crippen molar-refractivity contribution in [2.75, 3.05) is 0 Å². The molecule has 0 bridgehead atoms. The highest BCUT2D eigenvalue weighted by Gasteiger charge is 2.13. The van der Waals surface area contributed by atoms with Crippen LogP contribution in [-0.4, -0.2) is 20.2 Å². The minimum atomic E-state index is 0.120. The summed E-state index contributed by atoms with van der Waals surface area (Å²) in [4.78, 5) is 7.20. The molecular formula is C12H9N3O2. The summed E-state index contributed by atoms with van der Waals surface area (Å²) < 4.78 is 5.11. The summed E-state index contributed by atoms with van der Waals surface area (Å²) in [7, 11) is 0. The second-order valence-corrected chi connectivity index (χ2v) is 3.52. The molecule has 1 aromatic carbocycles. The topological polar surface area (TPSA) is 74.9 Å². The molecule has 0 aliphatic heterocycles. The van der Waals surface area contributed by atoms with Gasteiger partial charge in [0.25, 0.3) is 5.89 Å². The number of nitrogens with zero attached hydrogens (tertiary/aromatic N) is 2. The summed E-state index contributed by atoms with van der Waals surface area (Å²) in [5.74, 6) is 0.884.